The van der Waals surface area contributed by atoms with Crippen LogP contribution in [0, 0.1) is 0 Å². The van der Waals surface area contributed by atoms with E-state index in [1.807, 2.05) is 13.8 Å². The minimum atomic E-state index is 0.194. The normalized spacial score (nSPS) is 8.08. The van der Waals surface area contributed by atoms with Crippen molar-refractivity contribution in [1.29, 1.82) is 0 Å². The third kappa shape index (κ3) is 15.9. The molecule has 0 aliphatic carbocycles. The molecule has 70 valence electrons. The van der Waals surface area contributed by atoms with E-state index in [-0.39, 0.29) is 5.76 Å². The predicted molar refractivity (Wildman–Crippen MR) is 58.3 cm³/mol. The molecule has 0 aromatic heterocycles. The molecule has 0 aromatic carbocycles. The highest BCUT2D eigenvalue weighted by Gasteiger charge is 1.86. The number of aliphatic hydroxyl groups excluding tert-OH is 1. The highest BCUT2D eigenvalue weighted by atomic mass is 16.3. The van der Waals surface area contributed by atoms with Crippen molar-refractivity contribution in [3.63, 3.8) is 0 Å². The van der Waals surface area contributed by atoms with Gasteiger partial charge in [0.2, 0.25) is 0 Å². The first kappa shape index (κ1) is 17.0. The topological polar surface area (TPSA) is 20.2 Å². The van der Waals surface area contributed by atoms with Crippen LogP contribution in [0.4, 0.5) is 0 Å². The SMILES string of the molecule is C=C.C=C/C=C(/O)C(=C)C.CC. The molecule has 0 spiro atoms. The first-order chi connectivity index (χ1) is 5.68. The molecule has 0 radical (unpaired) electrons. The average molecular weight is 168 g/mol. The maximum atomic E-state index is 8.82. The van der Waals surface area contributed by atoms with Crippen LogP contribution in [0.5, 0.6) is 0 Å². The number of hydrogen-bond donors (Lipinski definition) is 1. The molecule has 0 heterocycles. The van der Waals surface area contributed by atoms with Crippen molar-refractivity contribution in [3.05, 3.63) is 49.8 Å². The maximum absolute atomic E-state index is 8.82. The summed E-state index contributed by atoms with van der Waals surface area (Å²) >= 11 is 0. The van der Waals surface area contributed by atoms with Crippen molar-refractivity contribution in [3.8, 4) is 0 Å². The zero-order chi connectivity index (χ0) is 10.6. The van der Waals surface area contributed by atoms with Gasteiger partial charge in [-0.3, -0.25) is 0 Å². The lowest BCUT2D eigenvalue weighted by atomic mass is 10.3. The third-order valence-electron chi connectivity index (χ3n) is 0.713. The maximum Gasteiger partial charge on any atom is 0.117 e. The molecule has 1 heteroatoms. The summed E-state index contributed by atoms with van der Waals surface area (Å²) in [5, 5.41) is 8.82. The quantitative estimate of drug-likeness (QED) is 0.375. The molecule has 1 nitrogen and oxygen atoms in total. The van der Waals surface area contributed by atoms with Gasteiger partial charge in [0.05, 0.1) is 0 Å². The zero-order valence-corrected chi connectivity index (χ0v) is 8.43. The van der Waals surface area contributed by atoms with Gasteiger partial charge in [-0.05, 0) is 18.6 Å². The Morgan fingerprint density at radius 3 is 1.67 bits per heavy atom. The van der Waals surface area contributed by atoms with Crippen LogP contribution in [0.15, 0.2) is 49.8 Å². The van der Waals surface area contributed by atoms with E-state index < -0.39 is 0 Å². The Balaban J connectivity index is -0.000000175. The summed E-state index contributed by atoms with van der Waals surface area (Å²) in [6, 6.07) is 0. The Labute approximate surface area is 76.4 Å². The third-order valence-corrected chi connectivity index (χ3v) is 0.713. The largest absolute Gasteiger partial charge is 0.508 e. The molecule has 1 N–H and O–H groups in total. The van der Waals surface area contributed by atoms with Crippen LogP contribution >= 0.6 is 0 Å². The lowest BCUT2D eigenvalue weighted by molar-refractivity contribution is 0.424. The van der Waals surface area contributed by atoms with E-state index in [1.54, 1.807) is 6.92 Å². The highest BCUT2D eigenvalue weighted by Crippen LogP contribution is 1.99. The van der Waals surface area contributed by atoms with Gasteiger partial charge in [-0.1, -0.05) is 33.1 Å². The second-order valence-electron chi connectivity index (χ2n) is 1.57. The van der Waals surface area contributed by atoms with Crippen LogP contribution in [0.3, 0.4) is 0 Å². The summed E-state index contributed by atoms with van der Waals surface area (Å²) in [6.07, 6.45) is 3.02. The number of allylic oxidation sites excluding steroid dienone is 3. The van der Waals surface area contributed by atoms with E-state index in [4.69, 9.17) is 5.11 Å². The monoisotopic (exact) mass is 168 g/mol. The molecule has 0 fully saturated rings. The van der Waals surface area contributed by atoms with Crippen molar-refractivity contribution in [2.24, 2.45) is 0 Å². The minimum Gasteiger partial charge on any atom is -0.508 e. The molecule has 0 amide bonds. The standard InChI is InChI=1S/C7H10O.C2H6.C2H4/c1-4-5-7(8)6(2)3;2*1-2/h4-5,8H,1-2H2,3H3;1-2H3;1-2H2/b7-5+;;. The molecule has 0 aliphatic rings. The van der Waals surface area contributed by atoms with Gasteiger partial charge >= 0.3 is 0 Å². The predicted octanol–water partition coefficient (Wildman–Crippen LogP) is 4.02. The number of aliphatic hydroxyl groups is 1. The Morgan fingerprint density at radius 1 is 1.25 bits per heavy atom. The van der Waals surface area contributed by atoms with Crippen LogP contribution in [0.2, 0.25) is 0 Å². The number of rotatable bonds is 2. The minimum absolute atomic E-state index is 0.194. The Morgan fingerprint density at radius 2 is 1.58 bits per heavy atom. The summed E-state index contributed by atoms with van der Waals surface area (Å²) < 4.78 is 0. The highest BCUT2D eigenvalue weighted by molar-refractivity contribution is 5.22. The fourth-order valence-corrected chi connectivity index (χ4v) is 0.254. The molecule has 0 saturated carbocycles. The number of hydrogen-bond acceptors (Lipinski definition) is 1. The zero-order valence-electron chi connectivity index (χ0n) is 8.43. The van der Waals surface area contributed by atoms with Crippen molar-refractivity contribution in [2.75, 3.05) is 0 Å². The molecule has 0 aliphatic heterocycles. The summed E-state index contributed by atoms with van der Waals surface area (Å²) in [7, 11) is 0. The molecule has 12 heavy (non-hydrogen) atoms. The van der Waals surface area contributed by atoms with Gasteiger partial charge < -0.3 is 5.11 Å². The van der Waals surface area contributed by atoms with Crippen molar-refractivity contribution in [1.82, 2.24) is 0 Å². The summed E-state index contributed by atoms with van der Waals surface area (Å²) in [6.45, 7) is 18.6. The Kier molecular flexibility index (Phi) is 23.2. The van der Waals surface area contributed by atoms with Crippen LogP contribution < -0.4 is 0 Å². The van der Waals surface area contributed by atoms with Gasteiger partial charge in [0, 0.05) is 0 Å². The summed E-state index contributed by atoms with van der Waals surface area (Å²) in [5.41, 5.74) is 0.657. The second-order valence-corrected chi connectivity index (χ2v) is 1.57. The van der Waals surface area contributed by atoms with E-state index >= 15 is 0 Å². The van der Waals surface area contributed by atoms with Gasteiger partial charge in [0.15, 0.2) is 0 Å². The second kappa shape index (κ2) is 16.4. The average Bonchev–Trinajstić information content (AvgIpc) is 2.12. The molecule has 0 unspecified atom stereocenters. The van der Waals surface area contributed by atoms with E-state index in [2.05, 4.69) is 26.3 Å². The Bertz CT molecular complexity index is 143. The molecule has 0 rings (SSSR count). The molecule has 0 saturated heterocycles. The van der Waals surface area contributed by atoms with Gasteiger partial charge in [0.1, 0.15) is 5.76 Å². The molecule has 0 atom stereocenters. The van der Waals surface area contributed by atoms with Crippen molar-refractivity contribution < 1.29 is 5.11 Å². The first-order valence-corrected chi connectivity index (χ1v) is 3.86. The summed E-state index contributed by atoms with van der Waals surface area (Å²) in [4.78, 5) is 0. The lowest BCUT2D eigenvalue weighted by Gasteiger charge is -1.91. The van der Waals surface area contributed by atoms with Gasteiger partial charge in [-0.25, -0.2) is 0 Å². The molecular formula is C11H20O. The van der Waals surface area contributed by atoms with Crippen LogP contribution in [-0.2, 0) is 0 Å². The smallest absolute Gasteiger partial charge is 0.117 e. The van der Waals surface area contributed by atoms with E-state index in [0.29, 0.717) is 5.57 Å². The first-order valence-electron chi connectivity index (χ1n) is 3.86. The van der Waals surface area contributed by atoms with E-state index in [0.717, 1.165) is 0 Å². The molecule has 0 bridgehead atoms. The molecular weight excluding hydrogens is 148 g/mol. The molecule has 0 aromatic rings. The lowest BCUT2D eigenvalue weighted by Crippen LogP contribution is -1.77. The van der Waals surface area contributed by atoms with Crippen molar-refractivity contribution >= 4 is 0 Å². The fourth-order valence-electron chi connectivity index (χ4n) is 0.254. The van der Waals surface area contributed by atoms with Crippen LogP contribution in [0.25, 0.3) is 0 Å². The Hall–Kier alpha value is -1.24. The van der Waals surface area contributed by atoms with Crippen LogP contribution in [0.1, 0.15) is 20.8 Å². The van der Waals surface area contributed by atoms with Gasteiger partial charge in [-0.15, -0.1) is 13.2 Å². The fraction of sp³-hybridized carbons (Fsp3) is 0.273. The van der Waals surface area contributed by atoms with E-state index in [1.165, 1.54) is 12.2 Å². The van der Waals surface area contributed by atoms with Crippen LogP contribution in [-0.4, -0.2) is 5.11 Å². The van der Waals surface area contributed by atoms with E-state index in [9.17, 15) is 0 Å². The van der Waals surface area contributed by atoms with Gasteiger partial charge in [0.25, 0.3) is 0 Å². The van der Waals surface area contributed by atoms with Crippen molar-refractivity contribution in [2.45, 2.75) is 20.8 Å². The van der Waals surface area contributed by atoms with Gasteiger partial charge in [-0.2, -0.15) is 0 Å². The summed E-state index contributed by atoms with van der Waals surface area (Å²) in [5.74, 6) is 0.194.